The number of amides is 1. The van der Waals surface area contributed by atoms with E-state index in [0.29, 0.717) is 25.4 Å². The molecule has 1 aliphatic rings. The van der Waals surface area contributed by atoms with Crippen LogP contribution in [0.5, 0.6) is 0 Å². The Balaban J connectivity index is 1.99. The minimum atomic E-state index is -1.03. The summed E-state index contributed by atoms with van der Waals surface area (Å²) in [7, 11) is 0. The Morgan fingerprint density at radius 1 is 1.45 bits per heavy atom. The zero-order valence-corrected chi connectivity index (χ0v) is 11.1. The molecule has 0 bridgehead atoms. The third kappa shape index (κ3) is 3.53. The Morgan fingerprint density at radius 2 is 2.25 bits per heavy atom. The summed E-state index contributed by atoms with van der Waals surface area (Å²) in [5, 5.41) is 25.0. The van der Waals surface area contributed by atoms with Crippen LogP contribution >= 0.6 is 0 Å². The Labute approximate surface area is 116 Å². The van der Waals surface area contributed by atoms with Crippen LogP contribution in [0.1, 0.15) is 29.8 Å². The fraction of sp³-hybridized carbons (Fsp3) is 0.667. The van der Waals surface area contributed by atoms with Crippen molar-refractivity contribution in [3.63, 3.8) is 0 Å². The molecule has 0 spiro atoms. The molecule has 110 valence electrons. The van der Waals surface area contributed by atoms with Crippen LogP contribution in [0.25, 0.3) is 0 Å². The molecule has 8 heteroatoms. The van der Waals surface area contributed by atoms with Crippen molar-refractivity contribution >= 4 is 11.9 Å². The zero-order chi connectivity index (χ0) is 14.5. The first-order valence-electron chi connectivity index (χ1n) is 6.62. The van der Waals surface area contributed by atoms with E-state index in [1.807, 2.05) is 0 Å². The lowest BCUT2D eigenvalue weighted by molar-refractivity contribution is -0.137. The standard InChI is InChI=1S/C12H18N4O4/c17-5-3-9-2-1-4-15(6-9)12(20)10-7-16(14-13-10)8-11(18)19/h7,9,17H,1-6,8H2,(H,18,19). The Morgan fingerprint density at radius 3 is 2.95 bits per heavy atom. The third-order valence-corrected chi connectivity index (χ3v) is 3.40. The number of rotatable bonds is 5. The first-order valence-corrected chi connectivity index (χ1v) is 6.62. The van der Waals surface area contributed by atoms with Crippen molar-refractivity contribution in [1.82, 2.24) is 19.9 Å². The largest absolute Gasteiger partial charge is 0.480 e. The van der Waals surface area contributed by atoms with E-state index in [-0.39, 0.29) is 24.8 Å². The average Bonchev–Trinajstić information content (AvgIpc) is 2.86. The van der Waals surface area contributed by atoms with E-state index in [1.54, 1.807) is 4.90 Å². The summed E-state index contributed by atoms with van der Waals surface area (Å²) in [6, 6.07) is 0. The summed E-state index contributed by atoms with van der Waals surface area (Å²) in [6.07, 6.45) is 3.96. The maximum Gasteiger partial charge on any atom is 0.325 e. The quantitative estimate of drug-likeness (QED) is 0.760. The van der Waals surface area contributed by atoms with Crippen LogP contribution in [0.2, 0.25) is 0 Å². The SMILES string of the molecule is O=C(O)Cn1cc(C(=O)N2CCCC(CCO)C2)nn1. The summed E-state index contributed by atoms with van der Waals surface area (Å²) in [5.74, 6) is -0.953. The van der Waals surface area contributed by atoms with Crippen molar-refractivity contribution < 1.29 is 19.8 Å². The van der Waals surface area contributed by atoms with Gasteiger partial charge in [0, 0.05) is 19.7 Å². The molecule has 2 N–H and O–H groups in total. The van der Waals surface area contributed by atoms with Crippen molar-refractivity contribution in [2.45, 2.75) is 25.8 Å². The maximum absolute atomic E-state index is 12.2. The minimum absolute atomic E-state index is 0.126. The van der Waals surface area contributed by atoms with E-state index < -0.39 is 5.97 Å². The lowest BCUT2D eigenvalue weighted by Crippen LogP contribution is -2.40. The summed E-state index contributed by atoms with van der Waals surface area (Å²) in [6.45, 7) is 1.08. The normalized spacial score (nSPS) is 19.1. The van der Waals surface area contributed by atoms with Crippen LogP contribution in [-0.2, 0) is 11.3 Å². The number of piperidine rings is 1. The molecule has 1 amide bonds. The summed E-state index contributed by atoms with van der Waals surface area (Å²) >= 11 is 0. The van der Waals surface area contributed by atoms with Crippen LogP contribution in [0.3, 0.4) is 0 Å². The maximum atomic E-state index is 12.2. The van der Waals surface area contributed by atoms with Crippen molar-refractivity contribution in [2.75, 3.05) is 19.7 Å². The predicted molar refractivity (Wildman–Crippen MR) is 68.0 cm³/mol. The number of aromatic nitrogens is 3. The molecule has 20 heavy (non-hydrogen) atoms. The molecule has 1 aromatic heterocycles. The van der Waals surface area contributed by atoms with Gasteiger partial charge in [-0.15, -0.1) is 5.10 Å². The number of hydrogen-bond donors (Lipinski definition) is 2. The van der Waals surface area contributed by atoms with Crippen LogP contribution in [0.15, 0.2) is 6.20 Å². The van der Waals surface area contributed by atoms with E-state index in [9.17, 15) is 9.59 Å². The molecule has 1 atom stereocenters. The van der Waals surface area contributed by atoms with Gasteiger partial charge in [0.2, 0.25) is 0 Å². The van der Waals surface area contributed by atoms with Gasteiger partial charge in [-0.05, 0) is 25.2 Å². The predicted octanol–water partition coefficient (Wildman–Crippen LogP) is -0.403. The van der Waals surface area contributed by atoms with Gasteiger partial charge in [-0.3, -0.25) is 9.59 Å². The number of carboxylic acid groups (broad SMARTS) is 1. The number of likely N-dealkylation sites (tertiary alicyclic amines) is 1. The van der Waals surface area contributed by atoms with Crippen LogP contribution in [0, 0.1) is 5.92 Å². The van der Waals surface area contributed by atoms with E-state index in [1.165, 1.54) is 6.20 Å². The second-order valence-electron chi connectivity index (χ2n) is 4.97. The minimum Gasteiger partial charge on any atom is -0.480 e. The number of carbonyl (C=O) groups excluding carboxylic acids is 1. The Kier molecular flexibility index (Phi) is 4.67. The number of hydrogen-bond acceptors (Lipinski definition) is 5. The molecule has 2 rings (SSSR count). The molecule has 0 aromatic carbocycles. The van der Waals surface area contributed by atoms with Crippen molar-refractivity contribution in [1.29, 1.82) is 0 Å². The van der Waals surface area contributed by atoms with Crippen LogP contribution in [0.4, 0.5) is 0 Å². The molecule has 0 radical (unpaired) electrons. The smallest absolute Gasteiger partial charge is 0.325 e. The molecule has 1 saturated heterocycles. The molecule has 1 unspecified atom stereocenters. The molecule has 1 fully saturated rings. The number of aliphatic hydroxyl groups is 1. The first kappa shape index (κ1) is 14.4. The molecule has 8 nitrogen and oxygen atoms in total. The highest BCUT2D eigenvalue weighted by Gasteiger charge is 2.25. The average molecular weight is 282 g/mol. The number of carbonyl (C=O) groups is 2. The van der Waals surface area contributed by atoms with Gasteiger partial charge in [-0.25, -0.2) is 4.68 Å². The second kappa shape index (κ2) is 6.47. The second-order valence-corrected chi connectivity index (χ2v) is 4.97. The fourth-order valence-electron chi connectivity index (χ4n) is 2.44. The Bertz CT molecular complexity index is 486. The molecule has 2 heterocycles. The van der Waals surface area contributed by atoms with Crippen LogP contribution in [-0.4, -0.2) is 61.7 Å². The summed E-state index contributed by atoms with van der Waals surface area (Å²) < 4.78 is 1.13. The molecule has 0 saturated carbocycles. The third-order valence-electron chi connectivity index (χ3n) is 3.40. The molecule has 1 aliphatic heterocycles. The van der Waals surface area contributed by atoms with Gasteiger partial charge in [0.25, 0.3) is 5.91 Å². The van der Waals surface area contributed by atoms with Crippen molar-refractivity contribution in [2.24, 2.45) is 5.92 Å². The summed E-state index contributed by atoms with van der Waals surface area (Å²) in [4.78, 5) is 24.5. The van der Waals surface area contributed by atoms with Gasteiger partial charge in [0.05, 0.1) is 6.20 Å². The molecular formula is C12H18N4O4. The van der Waals surface area contributed by atoms with E-state index >= 15 is 0 Å². The van der Waals surface area contributed by atoms with E-state index in [0.717, 1.165) is 17.5 Å². The van der Waals surface area contributed by atoms with Gasteiger partial charge in [-0.2, -0.15) is 0 Å². The van der Waals surface area contributed by atoms with Gasteiger partial charge in [0.1, 0.15) is 6.54 Å². The van der Waals surface area contributed by atoms with Gasteiger partial charge >= 0.3 is 5.97 Å². The highest BCUT2D eigenvalue weighted by atomic mass is 16.4. The molecular weight excluding hydrogens is 264 g/mol. The van der Waals surface area contributed by atoms with Crippen LogP contribution < -0.4 is 0 Å². The summed E-state index contributed by atoms with van der Waals surface area (Å²) in [5.41, 5.74) is 0.163. The first-order chi connectivity index (χ1) is 9.60. The Hall–Kier alpha value is -1.96. The highest BCUT2D eigenvalue weighted by molar-refractivity contribution is 5.92. The van der Waals surface area contributed by atoms with Gasteiger partial charge < -0.3 is 15.1 Å². The number of nitrogens with zero attached hydrogens (tertiary/aromatic N) is 4. The highest BCUT2D eigenvalue weighted by Crippen LogP contribution is 2.20. The molecule has 1 aromatic rings. The number of aliphatic hydroxyl groups excluding tert-OH is 1. The number of aliphatic carboxylic acids is 1. The lowest BCUT2D eigenvalue weighted by Gasteiger charge is -2.31. The van der Waals surface area contributed by atoms with Gasteiger partial charge in [-0.1, -0.05) is 5.21 Å². The molecule has 0 aliphatic carbocycles. The van der Waals surface area contributed by atoms with Gasteiger partial charge in [0.15, 0.2) is 5.69 Å². The van der Waals surface area contributed by atoms with Crippen molar-refractivity contribution in [3.05, 3.63) is 11.9 Å². The lowest BCUT2D eigenvalue weighted by atomic mass is 9.95. The zero-order valence-electron chi connectivity index (χ0n) is 11.1. The number of carboxylic acids is 1. The monoisotopic (exact) mass is 282 g/mol. The fourth-order valence-corrected chi connectivity index (χ4v) is 2.44. The van der Waals surface area contributed by atoms with Crippen molar-refractivity contribution in [3.8, 4) is 0 Å². The van der Waals surface area contributed by atoms with E-state index in [2.05, 4.69) is 10.3 Å². The van der Waals surface area contributed by atoms with E-state index in [4.69, 9.17) is 10.2 Å². The topological polar surface area (TPSA) is 109 Å².